The predicted octanol–water partition coefficient (Wildman–Crippen LogP) is 2.45. The summed E-state index contributed by atoms with van der Waals surface area (Å²) in [7, 11) is 0. The first kappa shape index (κ1) is 11.9. The number of nitrogens with zero attached hydrogens (tertiary/aromatic N) is 2. The van der Waals surface area contributed by atoms with Crippen LogP contribution in [0.3, 0.4) is 0 Å². The highest BCUT2D eigenvalue weighted by atomic mass is 19.1. The highest BCUT2D eigenvalue weighted by Gasteiger charge is 2.24. The smallest absolute Gasteiger partial charge is 0.356 e. The fourth-order valence-electron chi connectivity index (χ4n) is 2.61. The van der Waals surface area contributed by atoms with Crippen LogP contribution < -0.4 is 0 Å². The number of aromatic carboxylic acids is 1. The quantitative estimate of drug-likeness (QED) is 0.902. The fourth-order valence-corrected chi connectivity index (χ4v) is 2.61. The van der Waals surface area contributed by atoms with E-state index in [0.29, 0.717) is 18.5 Å². The number of fused-ring (bicyclic) bond motifs is 1. The minimum Gasteiger partial charge on any atom is -0.476 e. The largest absolute Gasteiger partial charge is 0.476 e. The molecule has 1 atom stereocenters. The van der Waals surface area contributed by atoms with Gasteiger partial charge in [0.15, 0.2) is 5.69 Å². The minimum absolute atomic E-state index is 0.0594. The number of rotatable bonds is 2. The van der Waals surface area contributed by atoms with Crippen LogP contribution >= 0.6 is 0 Å². The van der Waals surface area contributed by atoms with Crippen molar-refractivity contribution in [2.75, 3.05) is 0 Å². The number of carboxylic acid groups (broad SMARTS) is 1. The molecule has 3 rings (SSSR count). The normalized spacial score (nSPS) is 18.1. The van der Waals surface area contributed by atoms with Crippen LogP contribution in [0, 0.1) is 5.82 Å². The van der Waals surface area contributed by atoms with Gasteiger partial charge in [-0.25, -0.2) is 14.2 Å². The molecule has 0 spiro atoms. The van der Waals surface area contributed by atoms with E-state index in [1.165, 1.54) is 12.3 Å². The molecule has 0 radical (unpaired) electrons. The Morgan fingerprint density at radius 1 is 1.42 bits per heavy atom. The summed E-state index contributed by atoms with van der Waals surface area (Å²) in [6.07, 6.45) is 2.99. The van der Waals surface area contributed by atoms with E-state index in [-0.39, 0.29) is 17.4 Å². The van der Waals surface area contributed by atoms with Gasteiger partial charge in [0.1, 0.15) is 11.6 Å². The first-order chi connectivity index (χ1) is 9.15. The molecule has 1 N–H and O–H groups in total. The number of carboxylic acids is 1. The first-order valence-electron chi connectivity index (χ1n) is 6.19. The van der Waals surface area contributed by atoms with Crippen molar-refractivity contribution in [3.05, 3.63) is 53.4 Å². The summed E-state index contributed by atoms with van der Waals surface area (Å²) in [5, 5.41) is 8.93. The van der Waals surface area contributed by atoms with Crippen LogP contribution in [-0.4, -0.2) is 20.6 Å². The summed E-state index contributed by atoms with van der Waals surface area (Å²) >= 11 is 0. The van der Waals surface area contributed by atoms with Crippen LogP contribution in [0.5, 0.6) is 0 Å². The van der Waals surface area contributed by atoms with Crippen molar-refractivity contribution in [1.82, 2.24) is 9.55 Å². The monoisotopic (exact) mass is 260 g/mol. The third kappa shape index (κ3) is 2.12. The topological polar surface area (TPSA) is 55.1 Å². The number of halogens is 1. The van der Waals surface area contributed by atoms with Crippen molar-refractivity contribution in [2.24, 2.45) is 0 Å². The highest BCUT2D eigenvalue weighted by molar-refractivity contribution is 5.85. The molecule has 0 saturated carbocycles. The minimum atomic E-state index is -1.02. The molecule has 4 nitrogen and oxygen atoms in total. The Kier molecular flexibility index (Phi) is 2.81. The van der Waals surface area contributed by atoms with Crippen molar-refractivity contribution >= 4 is 5.97 Å². The number of hydrogen-bond acceptors (Lipinski definition) is 2. The van der Waals surface area contributed by atoms with Gasteiger partial charge in [-0.3, -0.25) is 0 Å². The Morgan fingerprint density at radius 2 is 2.21 bits per heavy atom. The van der Waals surface area contributed by atoms with Crippen molar-refractivity contribution < 1.29 is 14.3 Å². The summed E-state index contributed by atoms with van der Waals surface area (Å²) in [6, 6.07) is 6.75. The standard InChI is InChI=1S/C14H13FN2O2/c15-11-4-2-1-3-10(11)9-5-6-13-16-12(14(18)19)8-17(13)7-9/h1-4,8-9H,5-7H2,(H,18,19). The Hall–Kier alpha value is -2.17. The van der Waals surface area contributed by atoms with E-state index in [2.05, 4.69) is 4.98 Å². The number of hydrogen-bond donors (Lipinski definition) is 1. The molecule has 2 aromatic rings. The third-order valence-electron chi connectivity index (χ3n) is 3.56. The average molecular weight is 260 g/mol. The summed E-state index contributed by atoms with van der Waals surface area (Å²) in [5.74, 6) is -0.381. The van der Waals surface area contributed by atoms with E-state index in [0.717, 1.165) is 12.2 Å². The molecule has 0 bridgehead atoms. The zero-order valence-corrected chi connectivity index (χ0v) is 10.2. The predicted molar refractivity (Wildman–Crippen MR) is 66.6 cm³/mol. The van der Waals surface area contributed by atoms with Gasteiger partial charge >= 0.3 is 5.97 Å². The molecule has 1 aliphatic rings. The fraction of sp³-hybridized carbons (Fsp3) is 0.286. The van der Waals surface area contributed by atoms with Crippen molar-refractivity contribution in [2.45, 2.75) is 25.3 Å². The van der Waals surface area contributed by atoms with Gasteiger partial charge in [0, 0.05) is 25.1 Å². The maximum absolute atomic E-state index is 13.8. The Morgan fingerprint density at radius 3 is 2.95 bits per heavy atom. The molecular weight excluding hydrogens is 247 g/mol. The van der Waals surface area contributed by atoms with Crippen LogP contribution in [0.2, 0.25) is 0 Å². The van der Waals surface area contributed by atoms with E-state index < -0.39 is 5.97 Å². The SMILES string of the molecule is O=C(O)c1cn2c(n1)CCC(c1ccccc1F)C2. The number of aryl methyl sites for hydroxylation is 1. The van der Waals surface area contributed by atoms with Crippen molar-refractivity contribution in [3.63, 3.8) is 0 Å². The van der Waals surface area contributed by atoms with Crippen LogP contribution in [0.1, 0.15) is 34.2 Å². The second kappa shape index (κ2) is 4.50. The van der Waals surface area contributed by atoms with Crippen LogP contribution in [0.25, 0.3) is 0 Å². The van der Waals surface area contributed by atoms with Gasteiger partial charge in [0.2, 0.25) is 0 Å². The molecule has 1 aromatic heterocycles. The lowest BCUT2D eigenvalue weighted by Gasteiger charge is -2.24. The lowest BCUT2D eigenvalue weighted by Crippen LogP contribution is -2.19. The number of carbonyl (C=O) groups is 1. The number of aromatic nitrogens is 2. The second-order valence-electron chi connectivity index (χ2n) is 4.76. The number of benzene rings is 1. The van der Waals surface area contributed by atoms with E-state index >= 15 is 0 Å². The Labute approximate surface area is 109 Å². The summed E-state index contributed by atoms with van der Waals surface area (Å²) < 4.78 is 15.6. The van der Waals surface area contributed by atoms with E-state index in [1.54, 1.807) is 12.1 Å². The van der Waals surface area contributed by atoms with Gasteiger partial charge in [-0.2, -0.15) is 0 Å². The molecule has 0 fully saturated rings. The molecule has 1 unspecified atom stereocenters. The summed E-state index contributed by atoms with van der Waals surface area (Å²) in [4.78, 5) is 15.0. The van der Waals surface area contributed by atoms with Crippen LogP contribution in [0.4, 0.5) is 4.39 Å². The van der Waals surface area contributed by atoms with Crippen molar-refractivity contribution in [1.29, 1.82) is 0 Å². The van der Waals surface area contributed by atoms with Gasteiger partial charge in [-0.05, 0) is 18.1 Å². The second-order valence-corrected chi connectivity index (χ2v) is 4.76. The Bertz CT molecular complexity index is 636. The number of imidazole rings is 1. The summed E-state index contributed by atoms with van der Waals surface area (Å²) in [6.45, 7) is 0.580. The molecule has 1 aromatic carbocycles. The Balaban J connectivity index is 1.90. The van der Waals surface area contributed by atoms with Gasteiger partial charge in [-0.15, -0.1) is 0 Å². The van der Waals surface area contributed by atoms with Crippen LogP contribution in [-0.2, 0) is 13.0 Å². The van der Waals surface area contributed by atoms with Gasteiger partial charge in [0.25, 0.3) is 0 Å². The maximum Gasteiger partial charge on any atom is 0.356 e. The molecule has 19 heavy (non-hydrogen) atoms. The molecule has 0 aliphatic carbocycles. The molecule has 0 saturated heterocycles. The van der Waals surface area contributed by atoms with Gasteiger partial charge in [0.05, 0.1) is 0 Å². The zero-order chi connectivity index (χ0) is 13.4. The third-order valence-corrected chi connectivity index (χ3v) is 3.56. The first-order valence-corrected chi connectivity index (χ1v) is 6.19. The lowest BCUT2D eigenvalue weighted by molar-refractivity contribution is 0.0691. The van der Waals surface area contributed by atoms with Crippen molar-refractivity contribution in [3.8, 4) is 0 Å². The van der Waals surface area contributed by atoms with Crippen LogP contribution in [0.15, 0.2) is 30.5 Å². The molecule has 98 valence electrons. The van der Waals surface area contributed by atoms with E-state index in [1.807, 2.05) is 10.6 Å². The van der Waals surface area contributed by atoms with Gasteiger partial charge in [-0.1, -0.05) is 18.2 Å². The molecular formula is C14H13FN2O2. The maximum atomic E-state index is 13.8. The molecule has 5 heteroatoms. The average Bonchev–Trinajstić information content (AvgIpc) is 2.82. The summed E-state index contributed by atoms with van der Waals surface area (Å²) in [5.41, 5.74) is 0.753. The zero-order valence-electron chi connectivity index (χ0n) is 10.2. The van der Waals surface area contributed by atoms with E-state index in [9.17, 15) is 9.18 Å². The molecule has 2 heterocycles. The highest BCUT2D eigenvalue weighted by Crippen LogP contribution is 2.30. The lowest BCUT2D eigenvalue weighted by atomic mass is 9.91. The molecule has 0 amide bonds. The molecule has 1 aliphatic heterocycles. The van der Waals surface area contributed by atoms with Gasteiger partial charge < -0.3 is 9.67 Å². The van der Waals surface area contributed by atoms with E-state index in [4.69, 9.17) is 5.11 Å².